The summed E-state index contributed by atoms with van der Waals surface area (Å²) in [5.41, 5.74) is 0. The second-order valence-corrected chi connectivity index (χ2v) is 13.2. The van der Waals surface area contributed by atoms with Crippen LogP contribution in [0.3, 0.4) is 0 Å². The highest BCUT2D eigenvalue weighted by Crippen LogP contribution is 2.11. The molecule has 0 aromatic heterocycles. The lowest BCUT2D eigenvalue weighted by atomic mass is 10.1. The van der Waals surface area contributed by atoms with Crippen LogP contribution < -0.4 is 5.32 Å². The van der Waals surface area contributed by atoms with E-state index < -0.39 is 12.1 Å². The van der Waals surface area contributed by atoms with Gasteiger partial charge in [-0.3, -0.25) is 9.59 Å². The van der Waals surface area contributed by atoms with Crippen molar-refractivity contribution in [2.24, 2.45) is 0 Å². The zero-order chi connectivity index (χ0) is 35.2. The van der Waals surface area contributed by atoms with Crippen LogP contribution in [0.15, 0.2) is 48.6 Å². The molecule has 0 saturated heterocycles. The SMILES string of the molecule is CCC/C=C\C/C=C\CCCCCCCC(=O)OCCCCCC/C=C\CCCC(=O)NC(CO)C(O)/C=C/CCCCCCCCC. The summed E-state index contributed by atoms with van der Waals surface area (Å²) in [6.07, 6.45) is 43.8. The van der Waals surface area contributed by atoms with Crippen LogP contribution in [0.1, 0.15) is 181 Å². The first kappa shape index (κ1) is 45.8. The van der Waals surface area contributed by atoms with Gasteiger partial charge in [-0.15, -0.1) is 0 Å². The van der Waals surface area contributed by atoms with Crippen molar-refractivity contribution in [3.8, 4) is 0 Å². The van der Waals surface area contributed by atoms with Crippen LogP contribution >= 0.6 is 0 Å². The smallest absolute Gasteiger partial charge is 0.305 e. The molecule has 0 radical (unpaired) electrons. The highest BCUT2D eigenvalue weighted by atomic mass is 16.5. The van der Waals surface area contributed by atoms with E-state index in [2.05, 4.69) is 55.6 Å². The minimum absolute atomic E-state index is 0.0559. The zero-order valence-corrected chi connectivity index (χ0v) is 31.2. The number of carbonyl (C=O) groups excluding carboxylic acids is 2. The Kier molecular flexibility index (Phi) is 35.9. The minimum atomic E-state index is -0.874. The van der Waals surface area contributed by atoms with Gasteiger partial charge in [0.15, 0.2) is 0 Å². The maximum atomic E-state index is 12.3. The van der Waals surface area contributed by atoms with E-state index in [1.807, 2.05) is 6.08 Å². The Labute approximate surface area is 296 Å². The van der Waals surface area contributed by atoms with E-state index >= 15 is 0 Å². The van der Waals surface area contributed by atoms with Crippen molar-refractivity contribution in [2.75, 3.05) is 13.2 Å². The number of carbonyl (C=O) groups is 2. The summed E-state index contributed by atoms with van der Waals surface area (Å²) < 4.78 is 5.40. The molecule has 0 bridgehead atoms. The van der Waals surface area contributed by atoms with Crippen LogP contribution in [0, 0.1) is 0 Å². The number of aliphatic hydroxyl groups excluding tert-OH is 2. The van der Waals surface area contributed by atoms with Crippen LogP contribution in [0.25, 0.3) is 0 Å². The fourth-order valence-electron chi connectivity index (χ4n) is 5.43. The predicted octanol–water partition coefficient (Wildman–Crippen LogP) is 10.8. The molecule has 6 heteroatoms. The summed E-state index contributed by atoms with van der Waals surface area (Å²) in [6.45, 7) is 4.67. The monoisotopic (exact) mass is 674 g/mol. The maximum Gasteiger partial charge on any atom is 0.305 e. The van der Waals surface area contributed by atoms with Crippen molar-refractivity contribution in [1.29, 1.82) is 0 Å². The number of unbranched alkanes of at least 4 members (excludes halogenated alkanes) is 18. The molecule has 1 amide bonds. The van der Waals surface area contributed by atoms with Gasteiger partial charge in [-0.1, -0.05) is 140 Å². The number of nitrogens with one attached hydrogen (secondary N) is 1. The Morgan fingerprint density at radius 2 is 1.10 bits per heavy atom. The van der Waals surface area contributed by atoms with E-state index in [1.54, 1.807) is 6.08 Å². The number of hydrogen-bond donors (Lipinski definition) is 3. The van der Waals surface area contributed by atoms with Crippen molar-refractivity contribution in [1.82, 2.24) is 5.32 Å². The Morgan fingerprint density at radius 1 is 0.583 bits per heavy atom. The van der Waals surface area contributed by atoms with Gasteiger partial charge in [0, 0.05) is 12.8 Å². The highest BCUT2D eigenvalue weighted by Gasteiger charge is 2.17. The molecule has 0 saturated carbocycles. The molecule has 6 nitrogen and oxygen atoms in total. The van der Waals surface area contributed by atoms with Crippen molar-refractivity contribution >= 4 is 11.9 Å². The predicted molar refractivity (Wildman–Crippen MR) is 204 cm³/mol. The van der Waals surface area contributed by atoms with Gasteiger partial charge in [0.2, 0.25) is 5.91 Å². The average Bonchev–Trinajstić information content (AvgIpc) is 3.08. The van der Waals surface area contributed by atoms with Gasteiger partial charge in [0.1, 0.15) is 0 Å². The third-order valence-electron chi connectivity index (χ3n) is 8.54. The van der Waals surface area contributed by atoms with E-state index in [0.717, 1.165) is 83.5 Å². The molecule has 48 heavy (non-hydrogen) atoms. The summed E-state index contributed by atoms with van der Waals surface area (Å²) in [5.74, 6) is -0.192. The molecule has 0 aromatic rings. The van der Waals surface area contributed by atoms with Crippen LogP contribution in [0.2, 0.25) is 0 Å². The van der Waals surface area contributed by atoms with Gasteiger partial charge in [0.25, 0.3) is 0 Å². The van der Waals surface area contributed by atoms with Gasteiger partial charge in [-0.25, -0.2) is 0 Å². The van der Waals surface area contributed by atoms with E-state index in [-0.39, 0.29) is 18.5 Å². The Morgan fingerprint density at radius 3 is 1.73 bits per heavy atom. The van der Waals surface area contributed by atoms with Gasteiger partial charge in [0.05, 0.1) is 25.4 Å². The molecule has 0 spiro atoms. The van der Waals surface area contributed by atoms with Crippen molar-refractivity contribution < 1.29 is 24.5 Å². The number of allylic oxidation sites excluding steroid dienone is 7. The first-order chi connectivity index (χ1) is 23.5. The average molecular weight is 674 g/mol. The molecule has 0 aliphatic heterocycles. The van der Waals surface area contributed by atoms with Crippen LogP contribution in [0.4, 0.5) is 0 Å². The second-order valence-electron chi connectivity index (χ2n) is 13.2. The summed E-state index contributed by atoms with van der Waals surface area (Å²) in [5, 5.41) is 22.7. The molecule has 0 aliphatic carbocycles. The molecule has 2 unspecified atom stereocenters. The van der Waals surface area contributed by atoms with E-state index in [9.17, 15) is 19.8 Å². The fraction of sp³-hybridized carbons (Fsp3) is 0.762. The van der Waals surface area contributed by atoms with E-state index in [1.165, 1.54) is 70.6 Å². The number of amides is 1. The lowest BCUT2D eigenvalue weighted by Crippen LogP contribution is -2.45. The number of hydrogen-bond acceptors (Lipinski definition) is 5. The van der Waals surface area contributed by atoms with Crippen molar-refractivity contribution in [3.63, 3.8) is 0 Å². The topological polar surface area (TPSA) is 95.9 Å². The van der Waals surface area contributed by atoms with Gasteiger partial charge in [-0.05, 0) is 77.0 Å². The highest BCUT2D eigenvalue weighted by molar-refractivity contribution is 5.76. The third-order valence-corrected chi connectivity index (χ3v) is 8.54. The van der Waals surface area contributed by atoms with Crippen molar-refractivity contribution in [3.05, 3.63) is 48.6 Å². The van der Waals surface area contributed by atoms with E-state index in [0.29, 0.717) is 19.4 Å². The molecule has 0 aromatic carbocycles. The molecular weight excluding hydrogens is 598 g/mol. The molecule has 2 atom stereocenters. The standard InChI is InChI=1S/C42H75NO5/c1-3-5-7-9-11-13-14-15-16-20-24-28-32-36-42(47)48-37-33-29-25-21-17-19-23-27-31-35-41(46)43-39(38-44)40(45)34-30-26-22-18-12-10-8-6-4-2/h7,9,13-14,19,23,30,34,39-40,44-45H,3-6,8,10-12,15-18,20-22,24-29,31-33,35-38H2,1-2H3,(H,43,46)/b9-7-,14-13-,23-19-,34-30+. The summed E-state index contributed by atoms with van der Waals surface area (Å²) in [4.78, 5) is 24.2. The lowest BCUT2D eigenvalue weighted by molar-refractivity contribution is -0.143. The Bertz CT molecular complexity index is 834. The van der Waals surface area contributed by atoms with Crippen LogP contribution in [-0.2, 0) is 14.3 Å². The fourth-order valence-corrected chi connectivity index (χ4v) is 5.43. The summed E-state index contributed by atoms with van der Waals surface area (Å²) in [7, 11) is 0. The molecule has 0 heterocycles. The number of rotatable bonds is 35. The number of esters is 1. The minimum Gasteiger partial charge on any atom is -0.466 e. The van der Waals surface area contributed by atoms with Gasteiger partial charge in [-0.2, -0.15) is 0 Å². The van der Waals surface area contributed by atoms with Crippen molar-refractivity contribution in [2.45, 2.75) is 193 Å². The Balaban J connectivity index is 3.62. The number of ether oxygens (including phenoxy) is 1. The van der Waals surface area contributed by atoms with Crippen LogP contribution in [0.5, 0.6) is 0 Å². The zero-order valence-electron chi connectivity index (χ0n) is 31.2. The summed E-state index contributed by atoms with van der Waals surface area (Å²) >= 11 is 0. The molecule has 278 valence electrons. The largest absolute Gasteiger partial charge is 0.466 e. The lowest BCUT2D eigenvalue weighted by Gasteiger charge is -2.19. The molecule has 0 rings (SSSR count). The first-order valence-electron chi connectivity index (χ1n) is 19.9. The molecular formula is C42H75NO5. The summed E-state index contributed by atoms with van der Waals surface area (Å²) in [6, 6.07) is -0.664. The normalized spacial score (nSPS) is 13.3. The molecule has 0 aliphatic rings. The Hall–Kier alpha value is -2.18. The van der Waals surface area contributed by atoms with Gasteiger partial charge < -0.3 is 20.3 Å². The van der Waals surface area contributed by atoms with E-state index in [4.69, 9.17) is 4.74 Å². The second kappa shape index (κ2) is 37.6. The maximum absolute atomic E-state index is 12.3. The number of aliphatic hydroxyl groups is 2. The third kappa shape index (κ3) is 33.7. The molecule has 3 N–H and O–H groups in total. The van der Waals surface area contributed by atoms with Gasteiger partial charge >= 0.3 is 5.97 Å². The molecule has 0 fully saturated rings. The van der Waals surface area contributed by atoms with Crippen LogP contribution in [-0.4, -0.2) is 47.4 Å². The first-order valence-corrected chi connectivity index (χ1v) is 19.9. The quantitative estimate of drug-likeness (QED) is 0.0353.